The van der Waals surface area contributed by atoms with E-state index in [2.05, 4.69) is 5.32 Å². The van der Waals surface area contributed by atoms with Crippen LogP contribution in [0, 0.1) is 19.7 Å². The van der Waals surface area contributed by atoms with Crippen molar-refractivity contribution in [1.82, 2.24) is 0 Å². The monoisotopic (exact) mass is 258 g/mol. The van der Waals surface area contributed by atoms with Crippen LogP contribution in [0.4, 0.5) is 15.8 Å². The molecule has 0 radical (unpaired) electrons. The third-order valence-corrected chi connectivity index (χ3v) is 2.87. The summed E-state index contributed by atoms with van der Waals surface area (Å²) >= 11 is 0. The summed E-state index contributed by atoms with van der Waals surface area (Å²) in [7, 11) is 0. The molecule has 2 rings (SSSR count). The van der Waals surface area contributed by atoms with E-state index in [4.69, 9.17) is 5.73 Å². The first kappa shape index (κ1) is 13.1. The highest BCUT2D eigenvalue weighted by atomic mass is 19.1. The van der Waals surface area contributed by atoms with E-state index in [1.54, 1.807) is 12.1 Å². The summed E-state index contributed by atoms with van der Waals surface area (Å²) < 4.78 is 13.6. The van der Waals surface area contributed by atoms with E-state index in [0.29, 0.717) is 11.3 Å². The van der Waals surface area contributed by atoms with Gasteiger partial charge in [-0.05, 0) is 43.7 Å². The summed E-state index contributed by atoms with van der Waals surface area (Å²) in [5, 5.41) is 2.54. The van der Waals surface area contributed by atoms with Gasteiger partial charge in [0.25, 0.3) is 5.91 Å². The number of benzene rings is 2. The van der Waals surface area contributed by atoms with Crippen LogP contribution in [0.15, 0.2) is 36.4 Å². The van der Waals surface area contributed by atoms with Crippen LogP contribution in [0.5, 0.6) is 0 Å². The molecular formula is C15H15FN2O. The molecule has 0 spiro atoms. The van der Waals surface area contributed by atoms with E-state index < -0.39 is 5.82 Å². The molecule has 0 saturated carbocycles. The Morgan fingerprint density at radius 1 is 1.16 bits per heavy atom. The number of rotatable bonds is 2. The van der Waals surface area contributed by atoms with Gasteiger partial charge in [0, 0.05) is 11.3 Å². The van der Waals surface area contributed by atoms with Crippen LogP contribution in [0.1, 0.15) is 21.5 Å². The third kappa shape index (κ3) is 2.91. The van der Waals surface area contributed by atoms with Crippen molar-refractivity contribution in [2.45, 2.75) is 13.8 Å². The van der Waals surface area contributed by atoms with Crippen LogP contribution < -0.4 is 11.1 Å². The smallest absolute Gasteiger partial charge is 0.256 e. The van der Waals surface area contributed by atoms with E-state index in [0.717, 1.165) is 11.1 Å². The van der Waals surface area contributed by atoms with Crippen molar-refractivity contribution in [3.63, 3.8) is 0 Å². The summed E-state index contributed by atoms with van der Waals surface area (Å²) in [5.41, 5.74) is 8.36. The SMILES string of the molecule is Cc1ccc(C(=O)Nc2ccc(N)cc2F)c(C)c1. The Morgan fingerprint density at radius 3 is 2.53 bits per heavy atom. The number of halogens is 1. The van der Waals surface area contributed by atoms with Crippen LogP contribution in [0.3, 0.4) is 0 Å². The molecule has 0 aromatic heterocycles. The fraction of sp³-hybridized carbons (Fsp3) is 0.133. The van der Waals surface area contributed by atoms with Crippen molar-refractivity contribution in [2.24, 2.45) is 0 Å². The molecule has 98 valence electrons. The lowest BCUT2D eigenvalue weighted by Gasteiger charge is -2.09. The first-order chi connectivity index (χ1) is 8.97. The first-order valence-electron chi connectivity index (χ1n) is 5.91. The maximum absolute atomic E-state index is 13.6. The van der Waals surface area contributed by atoms with Gasteiger partial charge in [0.05, 0.1) is 5.69 Å². The highest BCUT2D eigenvalue weighted by Gasteiger charge is 2.11. The number of nitrogens with two attached hydrogens (primary N) is 1. The highest BCUT2D eigenvalue weighted by Crippen LogP contribution is 2.19. The zero-order valence-electron chi connectivity index (χ0n) is 10.8. The van der Waals surface area contributed by atoms with Gasteiger partial charge in [-0.3, -0.25) is 4.79 Å². The number of hydrogen-bond acceptors (Lipinski definition) is 2. The number of carbonyl (C=O) groups is 1. The molecule has 3 nitrogen and oxygen atoms in total. The predicted molar refractivity (Wildman–Crippen MR) is 74.7 cm³/mol. The molecule has 0 aliphatic rings. The number of nitrogen functional groups attached to an aromatic ring is 1. The van der Waals surface area contributed by atoms with Gasteiger partial charge in [-0.25, -0.2) is 4.39 Å². The minimum absolute atomic E-state index is 0.124. The predicted octanol–water partition coefficient (Wildman–Crippen LogP) is 3.28. The molecule has 0 unspecified atom stereocenters. The van der Waals surface area contributed by atoms with E-state index in [1.165, 1.54) is 12.1 Å². The zero-order chi connectivity index (χ0) is 14.0. The van der Waals surface area contributed by atoms with Crippen LogP contribution >= 0.6 is 0 Å². The molecule has 0 atom stereocenters. The van der Waals surface area contributed by atoms with Crippen molar-refractivity contribution in [3.05, 3.63) is 58.9 Å². The molecule has 0 aliphatic carbocycles. The zero-order valence-corrected chi connectivity index (χ0v) is 10.8. The van der Waals surface area contributed by atoms with Gasteiger partial charge >= 0.3 is 0 Å². The summed E-state index contributed by atoms with van der Waals surface area (Å²) in [6.45, 7) is 3.80. The molecule has 2 aromatic rings. The van der Waals surface area contributed by atoms with Crippen LogP contribution in [0.25, 0.3) is 0 Å². The number of anilines is 2. The van der Waals surface area contributed by atoms with Gasteiger partial charge < -0.3 is 11.1 Å². The molecule has 1 amide bonds. The molecule has 19 heavy (non-hydrogen) atoms. The van der Waals surface area contributed by atoms with Crippen LogP contribution in [0.2, 0.25) is 0 Å². The Morgan fingerprint density at radius 2 is 1.89 bits per heavy atom. The van der Waals surface area contributed by atoms with Gasteiger partial charge in [0.2, 0.25) is 0 Å². The molecular weight excluding hydrogens is 243 g/mol. The van der Waals surface area contributed by atoms with Crippen molar-refractivity contribution < 1.29 is 9.18 Å². The summed E-state index contributed by atoms with van der Waals surface area (Å²) in [6, 6.07) is 9.66. The van der Waals surface area contributed by atoms with Crippen molar-refractivity contribution in [2.75, 3.05) is 11.1 Å². The summed E-state index contributed by atoms with van der Waals surface area (Å²) in [4.78, 5) is 12.1. The Kier molecular flexibility index (Phi) is 3.51. The Bertz CT molecular complexity index is 638. The number of amides is 1. The van der Waals surface area contributed by atoms with Gasteiger partial charge in [0.15, 0.2) is 0 Å². The fourth-order valence-corrected chi connectivity index (χ4v) is 1.89. The van der Waals surface area contributed by atoms with Crippen LogP contribution in [-0.2, 0) is 0 Å². The van der Waals surface area contributed by atoms with E-state index in [-0.39, 0.29) is 11.6 Å². The molecule has 0 heterocycles. The molecule has 0 fully saturated rings. The van der Waals surface area contributed by atoms with Crippen molar-refractivity contribution >= 4 is 17.3 Å². The maximum Gasteiger partial charge on any atom is 0.256 e. The fourth-order valence-electron chi connectivity index (χ4n) is 1.89. The second-order valence-electron chi connectivity index (χ2n) is 4.51. The number of carbonyl (C=O) groups excluding carboxylic acids is 1. The topological polar surface area (TPSA) is 55.1 Å². The summed E-state index contributed by atoms with van der Waals surface area (Å²) in [5.74, 6) is -0.876. The van der Waals surface area contributed by atoms with Crippen molar-refractivity contribution in [1.29, 1.82) is 0 Å². The lowest BCUT2D eigenvalue weighted by molar-refractivity contribution is 0.102. The van der Waals surface area contributed by atoms with Gasteiger partial charge in [-0.15, -0.1) is 0 Å². The summed E-state index contributed by atoms with van der Waals surface area (Å²) in [6.07, 6.45) is 0. The standard InChI is InChI=1S/C15H15FN2O/c1-9-3-5-12(10(2)7-9)15(19)18-14-6-4-11(17)8-13(14)16/h3-8H,17H2,1-2H3,(H,18,19). The third-order valence-electron chi connectivity index (χ3n) is 2.87. The minimum atomic E-state index is -0.543. The molecule has 0 saturated heterocycles. The lowest BCUT2D eigenvalue weighted by atomic mass is 10.1. The van der Waals surface area contributed by atoms with Gasteiger partial charge in [-0.1, -0.05) is 17.7 Å². The Hall–Kier alpha value is -2.36. The van der Waals surface area contributed by atoms with Crippen molar-refractivity contribution in [3.8, 4) is 0 Å². The lowest BCUT2D eigenvalue weighted by Crippen LogP contribution is -2.14. The Balaban J connectivity index is 2.25. The number of nitrogens with one attached hydrogen (secondary N) is 1. The first-order valence-corrected chi connectivity index (χ1v) is 5.91. The second kappa shape index (κ2) is 5.10. The Labute approximate surface area is 111 Å². The number of hydrogen-bond donors (Lipinski definition) is 2. The molecule has 0 bridgehead atoms. The quantitative estimate of drug-likeness (QED) is 0.812. The number of aryl methyl sites for hydroxylation is 2. The van der Waals surface area contributed by atoms with E-state index in [1.807, 2.05) is 26.0 Å². The minimum Gasteiger partial charge on any atom is -0.399 e. The largest absolute Gasteiger partial charge is 0.399 e. The van der Waals surface area contributed by atoms with E-state index in [9.17, 15) is 9.18 Å². The molecule has 3 N–H and O–H groups in total. The van der Waals surface area contributed by atoms with E-state index >= 15 is 0 Å². The normalized spacial score (nSPS) is 10.3. The average Bonchev–Trinajstić information content (AvgIpc) is 2.32. The van der Waals surface area contributed by atoms with Crippen LogP contribution in [-0.4, -0.2) is 5.91 Å². The molecule has 0 aliphatic heterocycles. The van der Waals surface area contributed by atoms with Gasteiger partial charge in [0.1, 0.15) is 5.82 Å². The highest BCUT2D eigenvalue weighted by molar-refractivity contribution is 6.05. The maximum atomic E-state index is 13.6. The molecule has 2 aromatic carbocycles. The van der Waals surface area contributed by atoms with Gasteiger partial charge in [-0.2, -0.15) is 0 Å². The average molecular weight is 258 g/mol. The second-order valence-corrected chi connectivity index (χ2v) is 4.51. The molecule has 4 heteroatoms.